The number of hydrogen-bond acceptors (Lipinski definition) is 4. The van der Waals surface area contributed by atoms with Crippen molar-refractivity contribution >= 4 is 28.7 Å². The van der Waals surface area contributed by atoms with Gasteiger partial charge in [-0.05, 0) is 43.5 Å². The number of thioether (sulfide) groups is 1. The molecule has 0 unspecified atom stereocenters. The number of benzene rings is 1. The molecule has 1 aromatic carbocycles. The van der Waals surface area contributed by atoms with Crippen molar-refractivity contribution < 1.29 is 4.79 Å². The fourth-order valence-corrected chi connectivity index (χ4v) is 3.66. The van der Waals surface area contributed by atoms with Crippen LogP contribution in [-0.2, 0) is 11.3 Å². The van der Waals surface area contributed by atoms with Crippen molar-refractivity contribution in [2.24, 2.45) is 5.41 Å². The summed E-state index contributed by atoms with van der Waals surface area (Å²) in [5.41, 5.74) is 3.32. The molecular weight excluding hydrogens is 334 g/mol. The number of carbonyl (C=O) groups is 1. The maximum absolute atomic E-state index is 12.2. The topological polar surface area (TPSA) is 75.6 Å². The number of rotatable bonds is 7. The Morgan fingerprint density at radius 2 is 2.32 bits per heavy atom. The average molecular weight is 355 g/mol. The molecule has 1 amide bonds. The zero-order chi connectivity index (χ0) is 17.3. The fourth-order valence-electron chi connectivity index (χ4n) is 2.94. The molecule has 1 aliphatic rings. The fraction of sp³-hybridized carbons (Fsp3) is 0.389. The van der Waals surface area contributed by atoms with Crippen LogP contribution in [0.25, 0.3) is 11.0 Å². The van der Waals surface area contributed by atoms with Crippen LogP contribution in [0.1, 0.15) is 18.4 Å². The van der Waals surface area contributed by atoms with Gasteiger partial charge in [0.1, 0.15) is 0 Å². The highest BCUT2D eigenvalue weighted by molar-refractivity contribution is 7.99. The Morgan fingerprint density at radius 1 is 1.44 bits per heavy atom. The van der Waals surface area contributed by atoms with Crippen molar-refractivity contribution in [2.75, 3.05) is 12.3 Å². The summed E-state index contributed by atoms with van der Waals surface area (Å²) in [6.07, 6.45) is 6.05. The lowest BCUT2D eigenvalue weighted by molar-refractivity contribution is -0.118. The van der Waals surface area contributed by atoms with Gasteiger partial charge in [0.15, 0.2) is 5.16 Å². The lowest BCUT2D eigenvalue weighted by Gasteiger charge is -2.15. The lowest BCUT2D eigenvalue weighted by atomic mass is 10.1. The molecule has 0 aliphatic heterocycles. The van der Waals surface area contributed by atoms with Crippen LogP contribution in [0.2, 0.25) is 0 Å². The van der Waals surface area contributed by atoms with Crippen molar-refractivity contribution in [1.29, 1.82) is 0 Å². The number of aromatic nitrogens is 4. The van der Waals surface area contributed by atoms with E-state index in [0.717, 1.165) is 35.6 Å². The van der Waals surface area contributed by atoms with Crippen LogP contribution in [0.15, 0.2) is 41.8 Å². The van der Waals surface area contributed by atoms with E-state index < -0.39 is 0 Å². The number of nitrogens with zero attached hydrogens (tertiary/aromatic N) is 3. The molecule has 0 atom stereocenters. The van der Waals surface area contributed by atoms with Gasteiger partial charge in [-0.3, -0.25) is 9.48 Å². The summed E-state index contributed by atoms with van der Waals surface area (Å²) >= 11 is 1.44. The minimum absolute atomic E-state index is 0.0494. The third kappa shape index (κ3) is 3.87. The number of hydrogen-bond donors (Lipinski definition) is 2. The standard InChI is InChI=1S/C18H21N5OS/c1-13-3-4-14-15(9-13)22-17(21-14)25-10-16(24)19-11-18(5-6-18)12-23-8-2-7-20-23/h2-4,7-9H,5-6,10-12H2,1H3,(H,19,24)(H,21,22). The van der Waals surface area contributed by atoms with E-state index in [1.54, 1.807) is 6.20 Å². The maximum Gasteiger partial charge on any atom is 0.230 e. The van der Waals surface area contributed by atoms with E-state index >= 15 is 0 Å². The number of aryl methyl sites for hydroxylation is 1. The molecule has 1 saturated carbocycles. The Hall–Kier alpha value is -2.28. The zero-order valence-corrected chi connectivity index (χ0v) is 15.0. The molecule has 2 heterocycles. The molecule has 1 fully saturated rings. The average Bonchev–Trinajstić information content (AvgIpc) is 2.98. The number of fused-ring (bicyclic) bond motifs is 1. The van der Waals surface area contributed by atoms with E-state index in [0.29, 0.717) is 12.3 Å². The first-order valence-electron chi connectivity index (χ1n) is 8.45. The van der Waals surface area contributed by atoms with Crippen LogP contribution < -0.4 is 5.32 Å². The number of imidazole rings is 1. The molecule has 3 aromatic rings. The third-order valence-corrected chi connectivity index (χ3v) is 5.50. The first kappa shape index (κ1) is 16.2. The Kier molecular flexibility index (Phi) is 4.25. The molecule has 0 saturated heterocycles. The van der Waals surface area contributed by atoms with Crippen molar-refractivity contribution in [3.05, 3.63) is 42.2 Å². The first-order valence-corrected chi connectivity index (χ1v) is 9.44. The molecule has 130 valence electrons. The summed E-state index contributed by atoms with van der Waals surface area (Å²) in [5, 5.41) is 8.11. The third-order valence-electron chi connectivity index (χ3n) is 4.63. The molecule has 4 rings (SSSR count). The van der Waals surface area contributed by atoms with E-state index in [2.05, 4.69) is 33.4 Å². The van der Waals surface area contributed by atoms with Crippen molar-refractivity contribution in [3.8, 4) is 0 Å². The van der Waals surface area contributed by atoms with Gasteiger partial charge >= 0.3 is 0 Å². The van der Waals surface area contributed by atoms with Crippen LogP contribution >= 0.6 is 11.8 Å². The highest BCUT2D eigenvalue weighted by atomic mass is 32.2. The summed E-state index contributed by atoms with van der Waals surface area (Å²) in [6, 6.07) is 8.04. The number of carbonyl (C=O) groups excluding carboxylic acids is 1. The Labute approximate surface area is 150 Å². The van der Waals surface area contributed by atoms with Gasteiger partial charge in [-0.1, -0.05) is 17.8 Å². The molecular formula is C18H21N5OS. The van der Waals surface area contributed by atoms with Gasteiger partial charge in [0, 0.05) is 30.9 Å². The normalized spacial score (nSPS) is 15.4. The summed E-state index contributed by atoms with van der Waals surface area (Å²) < 4.78 is 1.95. The lowest BCUT2D eigenvalue weighted by Crippen LogP contribution is -2.33. The molecule has 25 heavy (non-hydrogen) atoms. The summed E-state index contributed by atoms with van der Waals surface area (Å²) in [6.45, 7) is 3.64. The largest absolute Gasteiger partial charge is 0.355 e. The second-order valence-electron chi connectivity index (χ2n) is 6.83. The van der Waals surface area contributed by atoms with Crippen molar-refractivity contribution in [2.45, 2.75) is 31.5 Å². The molecule has 1 aliphatic carbocycles. The van der Waals surface area contributed by atoms with Gasteiger partial charge in [0.05, 0.1) is 16.8 Å². The molecule has 6 nitrogen and oxygen atoms in total. The van der Waals surface area contributed by atoms with Crippen LogP contribution in [0.5, 0.6) is 0 Å². The Morgan fingerprint density at radius 3 is 3.08 bits per heavy atom. The monoisotopic (exact) mass is 355 g/mol. The quantitative estimate of drug-likeness (QED) is 0.639. The first-order chi connectivity index (χ1) is 12.1. The smallest absolute Gasteiger partial charge is 0.230 e. The Bertz CT molecular complexity index is 882. The molecule has 7 heteroatoms. The van der Waals surface area contributed by atoms with E-state index in [1.807, 2.05) is 29.1 Å². The minimum Gasteiger partial charge on any atom is -0.355 e. The van der Waals surface area contributed by atoms with Crippen LogP contribution in [-0.4, -0.2) is 38.0 Å². The zero-order valence-electron chi connectivity index (χ0n) is 14.2. The maximum atomic E-state index is 12.2. The van der Waals surface area contributed by atoms with Crippen LogP contribution in [0, 0.1) is 12.3 Å². The van der Waals surface area contributed by atoms with Gasteiger partial charge in [0.25, 0.3) is 0 Å². The predicted octanol–water partition coefficient (Wildman–Crippen LogP) is 2.76. The van der Waals surface area contributed by atoms with Crippen molar-refractivity contribution in [1.82, 2.24) is 25.1 Å². The van der Waals surface area contributed by atoms with Crippen molar-refractivity contribution in [3.63, 3.8) is 0 Å². The highest BCUT2D eigenvalue weighted by Crippen LogP contribution is 2.46. The van der Waals surface area contributed by atoms with Gasteiger partial charge < -0.3 is 10.3 Å². The van der Waals surface area contributed by atoms with E-state index in [-0.39, 0.29) is 11.3 Å². The number of H-pyrrole nitrogens is 1. The van der Waals surface area contributed by atoms with Gasteiger partial charge in [-0.25, -0.2) is 4.98 Å². The second kappa shape index (κ2) is 6.55. The summed E-state index contributed by atoms with van der Waals surface area (Å²) in [7, 11) is 0. The SMILES string of the molecule is Cc1ccc2nc(SCC(=O)NCC3(Cn4cccn4)CC3)[nH]c2c1. The molecule has 2 aromatic heterocycles. The Balaban J connectivity index is 1.27. The second-order valence-corrected chi connectivity index (χ2v) is 7.80. The van der Waals surface area contributed by atoms with Crippen LogP contribution in [0.3, 0.4) is 0 Å². The predicted molar refractivity (Wildman–Crippen MR) is 98.5 cm³/mol. The molecule has 0 spiro atoms. The minimum atomic E-state index is 0.0494. The summed E-state index contributed by atoms with van der Waals surface area (Å²) in [4.78, 5) is 19.9. The summed E-state index contributed by atoms with van der Waals surface area (Å²) in [5.74, 6) is 0.421. The van der Waals surface area contributed by atoms with E-state index in [9.17, 15) is 4.79 Å². The van der Waals surface area contributed by atoms with Gasteiger partial charge in [-0.15, -0.1) is 0 Å². The van der Waals surface area contributed by atoms with Crippen LogP contribution in [0.4, 0.5) is 0 Å². The number of nitrogens with one attached hydrogen (secondary N) is 2. The molecule has 0 radical (unpaired) electrons. The van der Waals surface area contributed by atoms with E-state index in [1.165, 1.54) is 17.3 Å². The van der Waals surface area contributed by atoms with Gasteiger partial charge in [-0.2, -0.15) is 5.10 Å². The highest BCUT2D eigenvalue weighted by Gasteiger charge is 2.43. The molecule has 0 bridgehead atoms. The molecule has 2 N–H and O–H groups in total. The van der Waals surface area contributed by atoms with Gasteiger partial charge in [0.2, 0.25) is 5.91 Å². The van der Waals surface area contributed by atoms with E-state index in [4.69, 9.17) is 0 Å². The number of aromatic amines is 1. The number of amides is 1.